The molecule has 2 rings (SSSR count). The predicted molar refractivity (Wildman–Crippen MR) is 67.9 cm³/mol. The molecule has 2 aliphatic rings. The summed E-state index contributed by atoms with van der Waals surface area (Å²) in [7, 11) is 0. The molecule has 1 aliphatic heterocycles. The minimum atomic E-state index is -0.0720. The monoisotopic (exact) mass is 246 g/mol. The largest absolute Gasteiger partial charge is 0.352 e. The first-order valence-corrected chi connectivity index (χ1v) is 6.22. The molecule has 0 unspecified atom stereocenters. The fourth-order valence-corrected chi connectivity index (χ4v) is 2.72. The fraction of sp³-hybridized carbons (Fsp3) is 0.917. The molecule has 1 amide bonds. The highest BCUT2D eigenvalue weighted by molar-refractivity contribution is 5.85. The zero-order valence-corrected chi connectivity index (χ0v) is 10.9. The van der Waals surface area contributed by atoms with E-state index in [0.29, 0.717) is 6.04 Å². The molecular formula is C12H23ClN2O. The van der Waals surface area contributed by atoms with Gasteiger partial charge in [0.05, 0.1) is 0 Å². The summed E-state index contributed by atoms with van der Waals surface area (Å²) >= 11 is 0. The van der Waals surface area contributed by atoms with E-state index in [4.69, 9.17) is 0 Å². The molecule has 1 heterocycles. The molecule has 1 saturated heterocycles. The lowest BCUT2D eigenvalue weighted by Crippen LogP contribution is -2.49. The number of piperidine rings is 1. The van der Waals surface area contributed by atoms with E-state index in [2.05, 4.69) is 17.6 Å². The van der Waals surface area contributed by atoms with Crippen LogP contribution in [0.4, 0.5) is 0 Å². The Bertz CT molecular complexity index is 233. The van der Waals surface area contributed by atoms with Crippen molar-refractivity contribution in [2.45, 2.75) is 51.5 Å². The molecule has 1 saturated carbocycles. The second kappa shape index (κ2) is 5.87. The lowest BCUT2D eigenvalue weighted by Gasteiger charge is -2.29. The Morgan fingerprint density at radius 2 is 2.00 bits per heavy atom. The molecule has 4 heteroatoms. The summed E-state index contributed by atoms with van der Waals surface area (Å²) < 4.78 is 0. The molecule has 0 aromatic heterocycles. The number of rotatable bonds is 2. The van der Waals surface area contributed by atoms with Crippen molar-refractivity contribution in [2.75, 3.05) is 13.1 Å². The number of hydrogen-bond donors (Lipinski definition) is 2. The number of nitrogens with one attached hydrogen (secondary N) is 2. The molecule has 0 radical (unpaired) electrons. The van der Waals surface area contributed by atoms with Gasteiger partial charge in [-0.15, -0.1) is 12.4 Å². The SMILES string of the molecule is CC1(C(=O)N[C@H]2CCCNC2)CCCC1.Cl. The number of halogens is 1. The van der Waals surface area contributed by atoms with Gasteiger partial charge in [-0.2, -0.15) is 0 Å². The summed E-state index contributed by atoms with van der Waals surface area (Å²) in [6, 6.07) is 0.365. The molecular weight excluding hydrogens is 224 g/mol. The molecule has 2 fully saturated rings. The number of hydrogen-bond acceptors (Lipinski definition) is 2. The van der Waals surface area contributed by atoms with Crippen molar-refractivity contribution in [3.8, 4) is 0 Å². The Labute approximate surface area is 104 Å². The molecule has 94 valence electrons. The lowest BCUT2D eigenvalue weighted by molar-refractivity contribution is -0.130. The van der Waals surface area contributed by atoms with Gasteiger partial charge in [-0.05, 0) is 32.2 Å². The molecule has 0 bridgehead atoms. The first-order valence-electron chi connectivity index (χ1n) is 6.22. The first kappa shape index (κ1) is 13.8. The molecule has 0 spiro atoms. The third-order valence-electron chi connectivity index (χ3n) is 3.89. The number of amides is 1. The zero-order chi connectivity index (χ0) is 10.7. The molecule has 0 aromatic carbocycles. The lowest BCUT2D eigenvalue weighted by atomic mass is 9.87. The normalized spacial score (nSPS) is 28.2. The summed E-state index contributed by atoms with van der Waals surface area (Å²) in [6.07, 6.45) is 6.88. The van der Waals surface area contributed by atoms with Gasteiger partial charge in [0, 0.05) is 18.0 Å². The topological polar surface area (TPSA) is 41.1 Å². The Hall–Kier alpha value is -0.280. The standard InChI is InChI=1S/C12H22N2O.ClH/c1-12(6-2-3-7-12)11(15)14-10-5-4-8-13-9-10;/h10,13H,2-9H2,1H3,(H,14,15);1H/t10-;/m0./s1. The third-order valence-corrected chi connectivity index (χ3v) is 3.89. The van der Waals surface area contributed by atoms with Gasteiger partial charge in [0.1, 0.15) is 0 Å². The van der Waals surface area contributed by atoms with Crippen LogP contribution < -0.4 is 10.6 Å². The van der Waals surface area contributed by atoms with E-state index in [0.717, 1.165) is 32.4 Å². The number of carbonyl (C=O) groups is 1. The quantitative estimate of drug-likeness (QED) is 0.781. The maximum Gasteiger partial charge on any atom is 0.226 e. The Morgan fingerprint density at radius 1 is 1.31 bits per heavy atom. The van der Waals surface area contributed by atoms with E-state index < -0.39 is 0 Å². The number of carbonyl (C=O) groups excluding carboxylic acids is 1. The van der Waals surface area contributed by atoms with Crippen LogP contribution in [0.3, 0.4) is 0 Å². The van der Waals surface area contributed by atoms with Crippen LogP contribution in [0, 0.1) is 5.41 Å². The Kier molecular flexibility index (Phi) is 5.06. The highest BCUT2D eigenvalue weighted by Gasteiger charge is 2.36. The van der Waals surface area contributed by atoms with E-state index >= 15 is 0 Å². The highest BCUT2D eigenvalue weighted by Crippen LogP contribution is 2.37. The van der Waals surface area contributed by atoms with Gasteiger partial charge in [-0.1, -0.05) is 19.8 Å². The van der Waals surface area contributed by atoms with E-state index in [9.17, 15) is 4.79 Å². The molecule has 1 atom stereocenters. The highest BCUT2D eigenvalue weighted by atomic mass is 35.5. The van der Waals surface area contributed by atoms with Crippen molar-refractivity contribution in [2.24, 2.45) is 5.41 Å². The summed E-state index contributed by atoms with van der Waals surface area (Å²) in [6.45, 7) is 4.16. The first-order chi connectivity index (χ1) is 7.21. The van der Waals surface area contributed by atoms with Gasteiger partial charge in [-0.3, -0.25) is 4.79 Å². The van der Waals surface area contributed by atoms with Crippen molar-refractivity contribution in [3.05, 3.63) is 0 Å². The van der Waals surface area contributed by atoms with Crippen molar-refractivity contribution < 1.29 is 4.79 Å². The Morgan fingerprint density at radius 3 is 2.56 bits per heavy atom. The summed E-state index contributed by atoms with van der Waals surface area (Å²) in [4.78, 5) is 12.1. The fourth-order valence-electron chi connectivity index (χ4n) is 2.72. The van der Waals surface area contributed by atoms with Crippen molar-refractivity contribution in [3.63, 3.8) is 0 Å². The predicted octanol–water partition coefficient (Wildman–Crippen LogP) is 1.86. The molecule has 1 aliphatic carbocycles. The van der Waals surface area contributed by atoms with Crippen LogP contribution in [-0.4, -0.2) is 25.0 Å². The van der Waals surface area contributed by atoms with Gasteiger partial charge < -0.3 is 10.6 Å². The molecule has 0 aromatic rings. The Balaban J connectivity index is 0.00000128. The van der Waals surface area contributed by atoms with E-state index in [1.54, 1.807) is 0 Å². The summed E-state index contributed by atoms with van der Waals surface area (Å²) in [5.41, 5.74) is -0.0720. The smallest absolute Gasteiger partial charge is 0.226 e. The minimum Gasteiger partial charge on any atom is -0.352 e. The van der Waals surface area contributed by atoms with Crippen molar-refractivity contribution >= 4 is 18.3 Å². The van der Waals surface area contributed by atoms with Gasteiger partial charge >= 0.3 is 0 Å². The van der Waals surface area contributed by atoms with Crippen LogP contribution in [-0.2, 0) is 4.79 Å². The van der Waals surface area contributed by atoms with Crippen LogP contribution in [0.1, 0.15) is 45.4 Å². The van der Waals surface area contributed by atoms with Crippen LogP contribution in [0.2, 0.25) is 0 Å². The van der Waals surface area contributed by atoms with Crippen LogP contribution >= 0.6 is 12.4 Å². The van der Waals surface area contributed by atoms with Crippen molar-refractivity contribution in [1.82, 2.24) is 10.6 Å². The van der Waals surface area contributed by atoms with Crippen molar-refractivity contribution in [1.29, 1.82) is 0 Å². The van der Waals surface area contributed by atoms with Gasteiger partial charge in [0.2, 0.25) is 5.91 Å². The summed E-state index contributed by atoms with van der Waals surface area (Å²) in [5.74, 6) is 0.286. The molecule has 3 nitrogen and oxygen atoms in total. The van der Waals surface area contributed by atoms with Crippen LogP contribution in [0.15, 0.2) is 0 Å². The van der Waals surface area contributed by atoms with Crippen LogP contribution in [0.25, 0.3) is 0 Å². The van der Waals surface area contributed by atoms with E-state index in [1.165, 1.54) is 19.3 Å². The van der Waals surface area contributed by atoms with E-state index in [-0.39, 0.29) is 23.7 Å². The van der Waals surface area contributed by atoms with Gasteiger partial charge in [-0.25, -0.2) is 0 Å². The zero-order valence-electron chi connectivity index (χ0n) is 10.1. The maximum absolute atomic E-state index is 12.1. The molecule has 16 heavy (non-hydrogen) atoms. The second-order valence-electron chi connectivity index (χ2n) is 5.28. The van der Waals surface area contributed by atoms with E-state index in [1.807, 2.05) is 0 Å². The molecule has 2 N–H and O–H groups in total. The maximum atomic E-state index is 12.1. The van der Waals surface area contributed by atoms with Gasteiger partial charge in [0.15, 0.2) is 0 Å². The van der Waals surface area contributed by atoms with Gasteiger partial charge in [0.25, 0.3) is 0 Å². The second-order valence-corrected chi connectivity index (χ2v) is 5.28. The average molecular weight is 247 g/mol. The average Bonchev–Trinajstić information content (AvgIpc) is 2.68. The third kappa shape index (κ3) is 3.11. The minimum absolute atomic E-state index is 0. The van der Waals surface area contributed by atoms with Crippen LogP contribution in [0.5, 0.6) is 0 Å². The summed E-state index contributed by atoms with van der Waals surface area (Å²) in [5, 5.41) is 6.53.